The van der Waals surface area contributed by atoms with Crippen molar-refractivity contribution in [2.24, 2.45) is 5.73 Å². The largest absolute Gasteiger partial charge is 0.459 e. The fourth-order valence-corrected chi connectivity index (χ4v) is 2.90. The average Bonchev–Trinajstić information content (AvgIpc) is 2.86. The molecule has 2 atom stereocenters. The van der Waals surface area contributed by atoms with E-state index in [0.29, 0.717) is 6.54 Å². The summed E-state index contributed by atoms with van der Waals surface area (Å²) < 4.78 is 16.6. The van der Waals surface area contributed by atoms with E-state index in [9.17, 15) is 9.59 Å². The molecule has 0 saturated carbocycles. The van der Waals surface area contributed by atoms with Crippen LogP contribution in [-0.2, 0) is 25.6 Å². The van der Waals surface area contributed by atoms with Gasteiger partial charge in [-0.15, -0.1) is 0 Å². The molecule has 0 bridgehead atoms. The van der Waals surface area contributed by atoms with Crippen LogP contribution in [-0.4, -0.2) is 47.0 Å². The summed E-state index contributed by atoms with van der Waals surface area (Å²) in [6.45, 7) is 9.43. The van der Waals surface area contributed by atoms with Crippen LogP contribution in [0.2, 0.25) is 0 Å². The second kappa shape index (κ2) is 8.27. The van der Waals surface area contributed by atoms with Gasteiger partial charge >= 0.3 is 12.1 Å². The number of carbonyl (C=O) groups excluding carboxylic acids is 2. The second-order valence-corrected chi connectivity index (χ2v) is 8.21. The molecular weight excluding hydrogens is 348 g/mol. The first kappa shape index (κ1) is 21.2. The quantitative estimate of drug-likeness (QED) is 0.792. The number of hydrogen-bond donors (Lipinski definition) is 1. The van der Waals surface area contributed by atoms with E-state index < -0.39 is 29.4 Å². The van der Waals surface area contributed by atoms with Crippen molar-refractivity contribution in [1.82, 2.24) is 4.90 Å². The molecule has 2 rings (SSSR count). The summed E-state index contributed by atoms with van der Waals surface area (Å²) in [5.41, 5.74) is 5.43. The maximum atomic E-state index is 12.5. The van der Waals surface area contributed by atoms with Crippen molar-refractivity contribution >= 4 is 12.1 Å². The normalized spacial score (nSPS) is 20.2. The lowest BCUT2D eigenvalue weighted by atomic mass is 10.1. The van der Waals surface area contributed by atoms with E-state index in [1.165, 1.54) is 4.90 Å². The Labute approximate surface area is 160 Å². The molecule has 0 radical (unpaired) electrons. The van der Waals surface area contributed by atoms with Crippen molar-refractivity contribution in [2.75, 3.05) is 6.54 Å². The van der Waals surface area contributed by atoms with Gasteiger partial charge in [-0.3, -0.25) is 9.69 Å². The second-order valence-electron chi connectivity index (χ2n) is 8.21. The van der Waals surface area contributed by atoms with Gasteiger partial charge in [-0.1, -0.05) is 30.3 Å². The molecule has 1 amide bonds. The number of benzene rings is 1. The molecule has 1 aliphatic rings. The highest BCUT2D eigenvalue weighted by atomic mass is 16.6. The molecule has 0 aromatic heterocycles. The summed E-state index contributed by atoms with van der Waals surface area (Å²) in [6, 6.07) is 8.65. The molecular formula is C20H30N2O5. The van der Waals surface area contributed by atoms with E-state index >= 15 is 0 Å². The van der Waals surface area contributed by atoms with Gasteiger partial charge in [0.2, 0.25) is 0 Å². The van der Waals surface area contributed by atoms with Crippen LogP contribution in [0.15, 0.2) is 30.3 Å². The molecule has 1 aromatic rings. The molecule has 1 fully saturated rings. The van der Waals surface area contributed by atoms with Crippen LogP contribution in [0, 0.1) is 0 Å². The fourth-order valence-electron chi connectivity index (χ4n) is 2.90. The summed E-state index contributed by atoms with van der Waals surface area (Å²) in [6.07, 6.45) is -0.565. The Hall–Kier alpha value is -2.12. The number of amides is 1. The van der Waals surface area contributed by atoms with E-state index in [-0.39, 0.29) is 19.1 Å². The molecule has 7 nitrogen and oxygen atoms in total. The zero-order valence-corrected chi connectivity index (χ0v) is 16.7. The number of esters is 1. The van der Waals surface area contributed by atoms with E-state index in [2.05, 4.69) is 0 Å². The number of carbonyl (C=O) groups is 2. The van der Waals surface area contributed by atoms with Gasteiger partial charge in [0, 0.05) is 6.42 Å². The number of nitrogens with two attached hydrogens (primary N) is 1. The first-order valence-corrected chi connectivity index (χ1v) is 9.12. The molecule has 0 spiro atoms. The Morgan fingerprint density at radius 2 is 1.93 bits per heavy atom. The van der Waals surface area contributed by atoms with Crippen molar-refractivity contribution in [1.29, 1.82) is 0 Å². The lowest BCUT2D eigenvalue weighted by molar-refractivity contribution is -0.157. The Balaban J connectivity index is 1.90. The Morgan fingerprint density at radius 3 is 2.52 bits per heavy atom. The molecule has 1 aromatic carbocycles. The summed E-state index contributed by atoms with van der Waals surface area (Å²) in [5, 5.41) is 0. The van der Waals surface area contributed by atoms with Gasteiger partial charge in [0.15, 0.2) is 0 Å². The van der Waals surface area contributed by atoms with Crippen molar-refractivity contribution in [3.8, 4) is 0 Å². The zero-order valence-electron chi connectivity index (χ0n) is 16.7. The van der Waals surface area contributed by atoms with Gasteiger partial charge < -0.3 is 19.9 Å². The lowest BCUT2D eigenvalue weighted by Crippen LogP contribution is -2.43. The van der Waals surface area contributed by atoms with Crippen LogP contribution in [0.1, 0.15) is 46.6 Å². The summed E-state index contributed by atoms with van der Waals surface area (Å²) >= 11 is 0. The molecule has 1 saturated heterocycles. The van der Waals surface area contributed by atoms with Crippen LogP contribution in [0.3, 0.4) is 0 Å². The average molecular weight is 378 g/mol. The summed E-state index contributed by atoms with van der Waals surface area (Å²) in [4.78, 5) is 26.1. The third kappa shape index (κ3) is 6.22. The van der Waals surface area contributed by atoms with E-state index in [0.717, 1.165) is 5.56 Å². The van der Waals surface area contributed by atoms with E-state index in [4.69, 9.17) is 19.9 Å². The van der Waals surface area contributed by atoms with Gasteiger partial charge in [0.05, 0.1) is 12.6 Å². The highest BCUT2D eigenvalue weighted by Gasteiger charge is 2.44. The fraction of sp³-hybridized carbons (Fsp3) is 0.600. The van der Waals surface area contributed by atoms with Gasteiger partial charge in [-0.05, 0) is 40.2 Å². The molecule has 2 N–H and O–H groups in total. The number of rotatable bonds is 5. The Bertz CT molecular complexity index is 654. The summed E-state index contributed by atoms with van der Waals surface area (Å²) in [7, 11) is 0. The minimum absolute atomic E-state index is 0.189. The molecule has 1 aliphatic heterocycles. The molecule has 150 valence electrons. The highest BCUT2D eigenvalue weighted by Crippen LogP contribution is 2.29. The smallest absolute Gasteiger partial charge is 0.412 e. The standard InChI is InChI=1S/C20H30N2O5/c1-19(2,3)27-17(23)16(21)11-15-12-22(20(4,5)26-15)18(24)25-13-14-9-7-6-8-10-14/h6-10,15-16H,11-13,21H2,1-5H3/t15-,16+/m1/s1. The number of ether oxygens (including phenoxy) is 3. The third-order valence-electron chi connectivity index (χ3n) is 4.14. The van der Waals surface area contributed by atoms with Crippen molar-refractivity contribution in [3.05, 3.63) is 35.9 Å². The number of hydrogen-bond acceptors (Lipinski definition) is 6. The third-order valence-corrected chi connectivity index (χ3v) is 4.14. The van der Waals surface area contributed by atoms with Crippen LogP contribution in [0.25, 0.3) is 0 Å². The van der Waals surface area contributed by atoms with Gasteiger partial charge in [0.1, 0.15) is 24.0 Å². The topological polar surface area (TPSA) is 91.1 Å². The summed E-state index contributed by atoms with van der Waals surface area (Å²) in [5.74, 6) is -0.478. The lowest BCUT2D eigenvalue weighted by Gasteiger charge is -2.29. The number of nitrogens with zero attached hydrogens (tertiary/aromatic N) is 1. The predicted molar refractivity (Wildman–Crippen MR) is 101 cm³/mol. The monoisotopic (exact) mass is 378 g/mol. The van der Waals surface area contributed by atoms with Crippen molar-refractivity contribution < 1.29 is 23.8 Å². The predicted octanol–water partition coefficient (Wildman–Crippen LogP) is 2.82. The maximum Gasteiger partial charge on any atom is 0.412 e. The van der Waals surface area contributed by atoms with Crippen molar-refractivity contribution in [2.45, 2.75) is 71.1 Å². The van der Waals surface area contributed by atoms with E-state index in [1.54, 1.807) is 34.6 Å². The SMILES string of the molecule is CC(C)(C)OC(=O)[C@@H](N)C[C@@H]1CN(C(=O)OCc2ccccc2)C(C)(C)O1. The molecule has 7 heteroatoms. The van der Waals surface area contributed by atoms with Gasteiger partial charge in [0.25, 0.3) is 0 Å². The Kier molecular flexibility index (Phi) is 6.49. The zero-order chi connectivity index (χ0) is 20.2. The van der Waals surface area contributed by atoms with Crippen LogP contribution < -0.4 is 5.73 Å². The molecule has 0 unspecified atom stereocenters. The maximum absolute atomic E-state index is 12.5. The van der Waals surface area contributed by atoms with Crippen LogP contribution >= 0.6 is 0 Å². The first-order chi connectivity index (χ1) is 12.5. The highest BCUT2D eigenvalue weighted by molar-refractivity contribution is 5.76. The first-order valence-electron chi connectivity index (χ1n) is 9.12. The molecule has 0 aliphatic carbocycles. The molecule has 1 heterocycles. The van der Waals surface area contributed by atoms with E-state index in [1.807, 2.05) is 30.3 Å². The minimum Gasteiger partial charge on any atom is -0.459 e. The van der Waals surface area contributed by atoms with Crippen LogP contribution in [0.4, 0.5) is 4.79 Å². The van der Waals surface area contributed by atoms with Crippen molar-refractivity contribution in [3.63, 3.8) is 0 Å². The van der Waals surface area contributed by atoms with Crippen LogP contribution in [0.5, 0.6) is 0 Å². The van der Waals surface area contributed by atoms with Gasteiger partial charge in [-0.25, -0.2) is 4.79 Å². The molecule has 27 heavy (non-hydrogen) atoms. The van der Waals surface area contributed by atoms with Gasteiger partial charge in [-0.2, -0.15) is 0 Å². The Morgan fingerprint density at radius 1 is 1.30 bits per heavy atom. The minimum atomic E-state index is -0.841.